The SMILES string of the molecule is CC(C)(C)c1nc(CNCc2cccc3c2OCO3)cs1. The van der Waals surface area contributed by atoms with Crippen molar-refractivity contribution >= 4 is 11.3 Å². The molecule has 1 aromatic heterocycles. The van der Waals surface area contributed by atoms with Crippen molar-refractivity contribution in [3.8, 4) is 11.5 Å². The fourth-order valence-corrected chi connectivity index (χ4v) is 3.09. The van der Waals surface area contributed by atoms with Gasteiger partial charge >= 0.3 is 0 Å². The number of hydrogen-bond donors (Lipinski definition) is 1. The summed E-state index contributed by atoms with van der Waals surface area (Å²) in [6.45, 7) is 8.38. The van der Waals surface area contributed by atoms with Crippen molar-refractivity contribution in [2.45, 2.75) is 39.3 Å². The van der Waals surface area contributed by atoms with Crippen LogP contribution in [-0.2, 0) is 18.5 Å². The van der Waals surface area contributed by atoms with E-state index < -0.39 is 0 Å². The zero-order valence-corrected chi connectivity index (χ0v) is 13.4. The van der Waals surface area contributed by atoms with Crippen molar-refractivity contribution in [3.05, 3.63) is 39.8 Å². The van der Waals surface area contributed by atoms with Gasteiger partial charge in [0.1, 0.15) is 0 Å². The van der Waals surface area contributed by atoms with E-state index in [0.29, 0.717) is 6.79 Å². The number of aromatic nitrogens is 1. The number of hydrogen-bond acceptors (Lipinski definition) is 5. The maximum Gasteiger partial charge on any atom is 0.231 e. The topological polar surface area (TPSA) is 43.4 Å². The molecular formula is C16H20N2O2S. The van der Waals surface area contributed by atoms with Crippen LogP contribution in [0.3, 0.4) is 0 Å². The predicted octanol–water partition coefficient (Wildman–Crippen LogP) is 3.46. The fourth-order valence-electron chi connectivity index (χ4n) is 2.19. The summed E-state index contributed by atoms with van der Waals surface area (Å²) in [4.78, 5) is 4.69. The first-order valence-electron chi connectivity index (χ1n) is 7.07. The molecule has 112 valence electrons. The molecule has 0 saturated heterocycles. The van der Waals surface area contributed by atoms with Crippen molar-refractivity contribution in [2.75, 3.05) is 6.79 Å². The van der Waals surface area contributed by atoms with Gasteiger partial charge in [0.05, 0.1) is 10.7 Å². The lowest BCUT2D eigenvalue weighted by molar-refractivity contribution is 0.173. The number of ether oxygens (including phenoxy) is 2. The first kappa shape index (κ1) is 14.4. The lowest BCUT2D eigenvalue weighted by Gasteiger charge is -2.13. The third-order valence-electron chi connectivity index (χ3n) is 3.29. The van der Waals surface area contributed by atoms with Crippen LogP contribution in [-0.4, -0.2) is 11.8 Å². The first-order chi connectivity index (χ1) is 10.0. The molecule has 0 radical (unpaired) electrons. The highest BCUT2D eigenvalue weighted by atomic mass is 32.1. The van der Waals surface area contributed by atoms with Crippen LogP contribution < -0.4 is 14.8 Å². The standard InChI is InChI=1S/C16H20N2O2S/c1-16(2,3)15-18-12(9-21-15)8-17-7-11-5-4-6-13-14(11)20-10-19-13/h4-6,9,17H,7-8,10H2,1-3H3. The van der Waals surface area contributed by atoms with Crippen LogP contribution in [0.1, 0.15) is 37.0 Å². The summed E-state index contributed by atoms with van der Waals surface area (Å²) in [5.74, 6) is 1.69. The smallest absolute Gasteiger partial charge is 0.231 e. The van der Waals surface area contributed by atoms with Crippen LogP contribution in [0.4, 0.5) is 0 Å². The number of nitrogens with one attached hydrogen (secondary N) is 1. The Morgan fingerprint density at radius 2 is 2.10 bits per heavy atom. The van der Waals surface area contributed by atoms with E-state index in [-0.39, 0.29) is 5.41 Å². The number of rotatable bonds is 4. The minimum Gasteiger partial charge on any atom is -0.454 e. The Labute approximate surface area is 129 Å². The van der Waals surface area contributed by atoms with E-state index in [1.54, 1.807) is 11.3 Å². The fraction of sp³-hybridized carbons (Fsp3) is 0.438. The average Bonchev–Trinajstić information content (AvgIpc) is 3.06. The van der Waals surface area contributed by atoms with E-state index in [2.05, 4.69) is 42.5 Å². The molecule has 4 nitrogen and oxygen atoms in total. The predicted molar refractivity (Wildman–Crippen MR) is 83.9 cm³/mol. The van der Waals surface area contributed by atoms with E-state index in [4.69, 9.17) is 9.47 Å². The summed E-state index contributed by atoms with van der Waals surface area (Å²) < 4.78 is 10.9. The highest BCUT2D eigenvalue weighted by molar-refractivity contribution is 7.09. The van der Waals surface area contributed by atoms with Crippen LogP contribution in [0.5, 0.6) is 11.5 Å². The normalized spacial score (nSPS) is 13.7. The zero-order chi connectivity index (χ0) is 14.9. The second kappa shape index (κ2) is 5.66. The molecule has 1 aliphatic rings. The molecule has 2 heterocycles. The van der Waals surface area contributed by atoms with Gasteiger partial charge in [-0.3, -0.25) is 0 Å². The third-order valence-corrected chi connectivity index (χ3v) is 4.61. The van der Waals surface area contributed by atoms with Gasteiger partial charge in [-0.15, -0.1) is 11.3 Å². The Bertz CT molecular complexity index is 631. The summed E-state index contributed by atoms with van der Waals surface area (Å²) in [6.07, 6.45) is 0. The Morgan fingerprint density at radius 3 is 2.86 bits per heavy atom. The van der Waals surface area contributed by atoms with Gasteiger partial charge in [0.25, 0.3) is 0 Å². The molecular weight excluding hydrogens is 284 g/mol. The Hall–Kier alpha value is -1.59. The molecule has 0 aliphatic carbocycles. The van der Waals surface area contributed by atoms with E-state index in [1.165, 1.54) is 5.01 Å². The van der Waals surface area contributed by atoms with Gasteiger partial charge in [-0.25, -0.2) is 4.98 Å². The molecule has 3 rings (SSSR count). The van der Waals surface area contributed by atoms with Crippen molar-refractivity contribution < 1.29 is 9.47 Å². The molecule has 0 spiro atoms. The minimum atomic E-state index is 0.119. The summed E-state index contributed by atoms with van der Waals surface area (Å²) in [5.41, 5.74) is 2.33. The Kier molecular flexibility index (Phi) is 3.87. The van der Waals surface area contributed by atoms with Crippen LogP contribution >= 0.6 is 11.3 Å². The van der Waals surface area contributed by atoms with Crippen LogP contribution in [0.2, 0.25) is 0 Å². The summed E-state index contributed by atoms with van der Waals surface area (Å²) in [7, 11) is 0. The van der Waals surface area contributed by atoms with Crippen LogP contribution in [0, 0.1) is 0 Å². The van der Waals surface area contributed by atoms with Gasteiger partial charge in [0.15, 0.2) is 11.5 Å². The number of nitrogens with zero attached hydrogens (tertiary/aromatic N) is 1. The summed E-state index contributed by atoms with van der Waals surface area (Å²) in [6, 6.07) is 5.98. The van der Waals surface area contributed by atoms with Gasteiger partial charge < -0.3 is 14.8 Å². The first-order valence-corrected chi connectivity index (χ1v) is 7.95. The van der Waals surface area contributed by atoms with Gasteiger partial charge in [-0.1, -0.05) is 32.9 Å². The molecule has 0 amide bonds. The largest absolute Gasteiger partial charge is 0.454 e. The van der Waals surface area contributed by atoms with Gasteiger partial charge in [0.2, 0.25) is 6.79 Å². The van der Waals surface area contributed by atoms with E-state index in [0.717, 1.165) is 35.8 Å². The quantitative estimate of drug-likeness (QED) is 0.939. The summed E-state index contributed by atoms with van der Waals surface area (Å²) in [5, 5.41) is 6.73. The molecule has 1 aromatic carbocycles. The third kappa shape index (κ3) is 3.19. The Morgan fingerprint density at radius 1 is 1.24 bits per heavy atom. The van der Waals surface area contributed by atoms with E-state index >= 15 is 0 Å². The van der Waals surface area contributed by atoms with Crippen molar-refractivity contribution in [3.63, 3.8) is 0 Å². The average molecular weight is 304 g/mol. The maximum atomic E-state index is 5.51. The number of fused-ring (bicyclic) bond motifs is 1. The molecule has 1 N–H and O–H groups in total. The summed E-state index contributed by atoms with van der Waals surface area (Å²) >= 11 is 1.73. The van der Waals surface area contributed by atoms with Crippen molar-refractivity contribution in [2.24, 2.45) is 0 Å². The molecule has 0 fully saturated rings. The minimum absolute atomic E-state index is 0.119. The lowest BCUT2D eigenvalue weighted by Crippen LogP contribution is -2.15. The monoisotopic (exact) mass is 304 g/mol. The molecule has 0 unspecified atom stereocenters. The zero-order valence-electron chi connectivity index (χ0n) is 12.6. The van der Waals surface area contributed by atoms with Gasteiger partial charge in [-0.05, 0) is 6.07 Å². The Balaban J connectivity index is 1.60. The van der Waals surface area contributed by atoms with Crippen molar-refractivity contribution in [1.82, 2.24) is 10.3 Å². The highest BCUT2D eigenvalue weighted by Crippen LogP contribution is 2.35. The molecule has 0 saturated carbocycles. The molecule has 1 aliphatic heterocycles. The van der Waals surface area contributed by atoms with Crippen LogP contribution in [0.25, 0.3) is 0 Å². The molecule has 21 heavy (non-hydrogen) atoms. The lowest BCUT2D eigenvalue weighted by atomic mass is 9.98. The van der Waals surface area contributed by atoms with E-state index in [1.807, 2.05) is 12.1 Å². The highest BCUT2D eigenvalue weighted by Gasteiger charge is 2.18. The van der Waals surface area contributed by atoms with Gasteiger partial charge in [0, 0.05) is 29.4 Å². The second-order valence-electron chi connectivity index (χ2n) is 6.15. The van der Waals surface area contributed by atoms with Crippen LogP contribution in [0.15, 0.2) is 23.6 Å². The number of para-hydroxylation sites is 1. The van der Waals surface area contributed by atoms with E-state index in [9.17, 15) is 0 Å². The molecule has 2 aromatic rings. The maximum absolute atomic E-state index is 5.51. The molecule has 0 atom stereocenters. The second-order valence-corrected chi connectivity index (χ2v) is 7.01. The number of benzene rings is 1. The molecule has 5 heteroatoms. The number of thiazole rings is 1. The van der Waals surface area contributed by atoms with Crippen molar-refractivity contribution in [1.29, 1.82) is 0 Å². The van der Waals surface area contributed by atoms with Gasteiger partial charge in [-0.2, -0.15) is 0 Å². The molecule has 0 bridgehead atoms.